The second kappa shape index (κ2) is 13.5. The standard InChI is InChI=1S/C18H39N9/c1-13(2)19-7-10-22-16-25-17(23-11-8-20-14(3)4)27-18(26-16)24-12-9-21-15(5)6/h13-15,19-21H,7-12H2,1-6H3,(H3,22,23,24,25,26,27). The minimum Gasteiger partial charge on any atom is -0.353 e. The van der Waals surface area contributed by atoms with Crippen LogP contribution in [0, 0.1) is 0 Å². The van der Waals surface area contributed by atoms with Crippen LogP contribution in [0.2, 0.25) is 0 Å². The zero-order valence-electron chi connectivity index (χ0n) is 17.8. The summed E-state index contributed by atoms with van der Waals surface area (Å²) in [4.78, 5) is 13.4. The molecule has 0 aliphatic heterocycles. The lowest BCUT2D eigenvalue weighted by atomic mass is 10.4. The summed E-state index contributed by atoms with van der Waals surface area (Å²) in [5.41, 5.74) is 0. The molecule has 0 saturated carbocycles. The second-order valence-corrected chi connectivity index (χ2v) is 7.41. The molecule has 9 nitrogen and oxygen atoms in total. The van der Waals surface area contributed by atoms with Gasteiger partial charge in [0.1, 0.15) is 0 Å². The average Bonchev–Trinajstić information content (AvgIpc) is 2.59. The first-order valence-corrected chi connectivity index (χ1v) is 10.0. The number of hydrogen-bond acceptors (Lipinski definition) is 9. The Labute approximate surface area is 164 Å². The number of nitrogens with one attached hydrogen (secondary N) is 6. The van der Waals surface area contributed by atoms with Gasteiger partial charge in [-0.15, -0.1) is 0 Å². The summed E-state index contributed by atoms with van der Waals surface area (Å²) in [6, 6.07) is 1.38. The Bertz CT molecular complexity index is 422. The highest BCUT2D eigenvalue weighted by molar-refractivity contribution is 5.42. The zero-order valence-corrected chi connectivity index (χ0v) is 17.8. The van der Waals surface area contributed by atoms with E-state index >= 15 is 0 Å². The van der Waals surface area contributed by atoms with Crippen LogP contribution in [0.5, 0.6) is 0 Å². The van der Waals surface area contributed by atoms with Gasteiger partial charge in [-0.3, -0.25) is 0 Å². The first-order chi connectivity index (χ1) is 12.9. The molecule has 0 bridgehead atoms. The molecule has 0 aliphatic rings. The van der Waals surface area contributed by atoms with Crippen molar-refractivity contribution < 1.29 is 0 Å². The molecule has 0 radical (unpaired) electrons. The van der Waals surface area contributed by atoms with E-state index in [9.17, 15) is 0 Å². The number of aromatic nitrogens is 3. The van der Waals surface area contributed by atoms with E-state index < -0.39 is 0 Å². The molecule has 0 atom stereocenters. The van der Waals surface area contributed by atoms with E-state index in [0.717, 1.165) is 39.3 Å². The first kappa shape index (κ1) is 23.3. The van der Waals surface area contributed by atoms with E-state index in [2.05, 4.69) is 88.4 Å². The maximum absolute atomic E-state index is 4.47. The third-order valence-electron chi connectivity index (χ3n) is 3.52. The van der Waals surface area contributed by atoms with E-state index in [1.54, 1.807) is 0 Å². The van der Waals surface area contributed by atoms with Crippen LogP contribution in [0.3, 0.4) is 0 Å². The fourth-order valence-corrected chi connectivity index (χ4v) is 2.22. The molecule has 0 spiro atoms. The molecule has 0 unspecified atom stereocenters. The fraction of sp³-hybridized carbons (Fsp3) is 0.833. The van der Waals surface area contributed by atoms with Crippen molar-refractivity contribution in [2.24, 2.45) is 0 Å². The number of anilines is 3. The molecule has 9 heteroatoms. The predicted octanol–water partition coefficient (Wildman–Crippen LogP) is 1.10. The van der Waals surface area contributed by atoms with Gasteiger partial charge in [0.05, 0.1) is 0 Å². The Hall–Kier alpha value is -1.71. The van der Waals surface area contributed by atoms with Crippen molar-refractivity contribution in [1.82, 2.24) is 30.9 Å². The van der Waals surface area contributed by atoms with Crippen molar-refractivity contribution in [3.63, 3.8) is 0 Å². The van der Waals surface area contributed by atoms with Gasteiger partial charge in [-0.2, -0.15) is 15.0 Å². The minimum atomic E-state index is 0.460. The Kier molecular flexibility index (Phi) is 11.6. The highest BCUT2D eigenvalue weighted by Crippen LogP contribution is 2.08. The van der Waals surface area contributed by atoms with Crippen molar-refractivity contribution in [3.8, 4) is 0 Å². The van der Waals surface area contributed by atoms with Gasteiger partial charge in [0.25, 0.3) is 0 Å². The quantitative estimate of drug-likeness (QED) is 0.249. The van der Waals surface area contributed by atoms with Crippen LogP contribution in [-0.4, -0.2) is 72.3 Å². The Balaban J connectivity index is 2.60. The summed E-state index contributed by atoms with van der Waals surface area (Å²) in [5, 5.41) is 19.9. The fourth-order valence-electron chi connectivity index (χ4n) is 2.22. The van der Waals surface area contributed by atoms with Gasteiger partial charge in [-0.1, -0.05) is 41.5 Å². The highest BCUT2D eigenvalue weighted by Gasteiger charge is 2.06. The molecule has 0 aliphatic carbocycles. The SMILES string of the molecule is CC(C)NCCNc1nc(NCCNC(C)C)nc(NCCNC(C)C)n1. The molecule has 0 aromatic carbocycles. The van der Waals surface area contributed by atoms with E-state index in [-0.39, 0.29) is 0 Å². The summed E-state index contributed by atoms with van der Waals surface area (Å²) in [6.45, 7) is 17.6. The van der Waals surface area contributed by atoms with Gasteiger partial charge in [0, 0.05) is 57.4 Å². The summed E-state index contributed by atoms with van der Waals surface area (Å²) >= 11 is 0. The van der Waals surface area contributed by atoms with E-state index in [4.69, 9.17) is 0 Å². The van der Waals surface area contributed by atoms with Crippen molar-refractivity contribution in [2.75, 3.05) is 55.2 Å². The van der Waals surface area contributed by atoms with E-state index in [1.807, 2.05) is 0 Å². The lowest BCUT2D eigenvalue weighted by Crippen LogP contribution is -2.30. The van der Waals surface area contributed by atoms with Crippen molar-refractivity contribution in [1.29, 1.82) is 0 Å². The minimum absolute atomic E-state index is 0.460. The molecule has 0 saturated heterocycles. The van der Waals surface area contributed by atoms with Crippen LogP contribution in [0.4, 0.5) is 17.8 Å². The molecule has 156 valence electrons. The van der Waals surface area contributed by atoms with Crippen LogP contribution in [-0.2, 0) is 0 Å². The van der Waals surface area contributed by atoms with Crippen LogP contribution >= 0.6 is 0 Å². The Morgan fingerprint density at radius 2 is 0.741 bits per heavy atom. The largest absolute Gasteiger partial charge is 0.353 e. The highest BCUT2D eigenvalue weighted by atomic mass is 15.3. The maximum Gasteiger partial charge on any atom is 0.229 e. The van der Waals surface area contributed by atoms with Crippen LogP contribution in [0.1, 0.15) is 41.5 Å². The first-order valence-electron chi connectivity index (χ1n) is 10.0. The normalized spacial score (nSPS) is 11.4. The Morgan fingerprint density at radius 1 is 0.481 bits per heavy atom. The molecular weight excluding hydrogens is 342 g/mol. The van der Waals surface area contributed by atoms with Crippen LogP contribution in [0.25, 0.3) is 0 Å². The zero-order chi connectivity index (χ0) is 20.1. The monoisotopic (exact) mass is 381 g/mol. The summed E-state index contributed by atoms with van der Waals surface area (Å²) in [5.74, 6) is 1.73. The molecule has 0 amide bonds. The van der Waals surface area contributed by atoms with Crippen molar-refractivity contribution >= 4 is 17.8 Å². The average molecular weight is 382 g/mol. The number of rotatable bonds is 15. The third-order valence-corrected chi connectivity index (χ3v) is 3.52. The maximum atomic E-state index is 4.47. The van der Waals surface area contributed by atoms with Gasteiger partial charge in [-0.25, -0.2) is 0 Å². The summed E-state index contributed by atoms with van der Waals surface area (Å²) in [6.07, 6.45) is 0. The molecule has 1 rings (SSSR count). The summed E-state index contributed by atoms with van der Waals surface area (Å²) in [7, 11) is 0. The smallest absolute Gasteiger partial charge is 0.229 e. The molecule has 1 aromatic heterocycles. The molecule has 0 fully saturated rings. The van der Waals surface area contributed by atoms with Gasteiger partial charge in [-0.05, 0) is 0 Å². The summed E-state index contributed by atoms with van der Waals surface area (Å²) < 4.78 is 0. The van der Waals surface area contributed by atoms with Gasteiger partial charge < -0.3 is 31.9 Å². The molecular formula is C18H39N9. The topological polar surface area (TPSA) is 111 Å². The molecule has 6 N–H and O–H groups in total. The van der Waals surface area contributed by atoms with E-state index in [0.29, 0.717) is 36.0 Å². The van der Waals surface area contributed by atoms with Gasteiger partial charge in [0.15, 0.2) is 0 Å². The Morgan fingerprint density at radius 3 is 0.963 bits per heavy atom. The van der Waals surface area contributed by atoms with Gasteiger partial charge in [0.2, 0.25) is 17.8 Å². The van der Waals surface area contributed by atoms with E-state index in [1.165, 1.54) is 0 Å². The van der Waals surface area contributed by atoms with Gasteiger partial charge >= 0.3 is 0 Å². The number of nitrogens with zero attached hydrogens (tertiary/aromatic N) is 3. The van der Waals surface area contributed by atoms with Crippen molar-refractivity contribution in [2.45, 2.75) is 59.7 Å². The molecule has 27 heavy (non-hydrogen) atoms. The number of hydrogen-bond donors (Lipinski definition) is 6. The second-order valence-electron chi connectivity index (χ2n) is 7.41. The lowest BCUT2D eigenvalue weighted by Gasteiger charge is -2.13. The molecule has 1 aromatic rings. The molecule has 1 heterocycles. The third kappa shape index (κ3) is 12.3. The lowest BCUT2D eigenvalue weighted by molar-refractivity contribution is 0.599. The van der Waals surface area contributed by atoms with Crippen molar-refractivity contribution in [3.05, 3.63) is 0 Å². The van der Waals surface area contributed by atoms with Crippen LogP contribution in [0.15, 0.2) is 0 Å². The van der Waals surface area contributed by atoms with Crippen LogP contribution < -0.4 is 31.9 Å². The predicted molar refractivity (Wildman–Crippen MR) is 115 cm³/mol.